The highest BCUT2D eigenvalue weighted by molar-refractivity contribution is 7.89. The molecule has 1 heterocycles. The molecule has 2 aromatic carbocycles. The summed E-state index contributed by atoms with van der Waals surface area (Å²) in [7, 11) is -3.62. The number of hydrogen-bond donors (Lipinski definition) is 2. The number of hydrogen-bond acceptors (Lipinski definition) is 5. The molecule has 0 radical (unpaired) electrons. The SMILES string of the molecule is O=C(NCCc1nc2ccccc2s1)c1cccc(S(=O)(=O)NC2CCCC2)c1. The lowest BCUT2D eigenvalue weighted by atomic mass is 10.2. The molecule has 0 saturated heterocycles. The van der Waals surface area contributed by atoms with Crippen molar-refractivity contribution in [2.45, 2.75) is 43.0 Å². The number of nitrogens with zero attached hydrogens (tertiary/aromatic N) is 1. The summed E-state index contributed by atoms with van der Waals surface area (Å²) >= 11 is 1.62. The van der Waals surface area contributed by atoms with Crippen molar-refractivity contribution < 1.29 is 13.2 Å². The van der Waals surface area contributed by atoms with Crippen molar-refractivity contribution in [2.75, 3.05) is 6.54 Å². The summed E-state index contributed by atoms with van der Waals surface area (Å²) in [6, 6.07) is 14.1. The highest BCUT2D eigenvalue weighted by Gasteiger charge is 2.23. The van der Waals surface area contributed by atoms with E-state index in [9.17, 15) is 13.2 Å². The van der Waals surface area contributed by atoms with Gasteiger partial charge in [0.2, 0.25) is 10.0 Å². The number of thiazole rings is 1. The number of carbonyl (C=O) groups excluding carboxylic acids is 1. The average Bonchev–Trinajstić information content (AvgIpc) is 3.36. The molecule has 1 aromatic heterocycles. The molecule has 1 aliphatic rings. The van der Waals surface area contributed by atoms with E-state index in [0.29, 0.717) is 18.5 Å². The minimum Gasteiger partial charge on any atom is -0.352 e. The van der Waals surface area contributed by atoms with Gasteiger partial charge in [-0.05, 0) is 43.2 Å². The number of carbonyl (C=O) groups is 1. The molecule has 0 bridgehead atoms. The number of amides is 1. The Bertz CT molecular complexity index is 1090. The van der Waals surface area contributed by atoms with E-state index in [1.807, 2.05) is 24.3 Å². The highest BCUT2D eigenvalue weighted by atomic mass is 32.2. The van der Waals surface area contributed by atoms with Gasteiger partial charge in [-0.3, -0.25) is 4.79 Å². The number of para-hydroxylation sites is 1. The van der Waals surface area contributed by atoms with Crippen molar-refractivity contribution in [1.29, 1.82) is 0 Å². The van der Waals surface area contributed by atoms with Gasteiger partial charge in [0.25, 0.3) is 5.91 Å². The van der Waals surface area contributed by atoms with E-state index in [1.54, 1.807) is 23.5 Å². The van der Waals surface area contributed by atoms with Crippen LogP contribution in [0.1, 0.15) is 41.0 Å². The third-order valence-electron chi connectivity index (χ3n) is 5.05. The zero-order valence-electron chi connectivity index (χ0n) is 15.9. The van der Waals surface area contributed by atoms with E-state index in [4.69, 9.17) is 0 Å². The maximum absolute atomic E-state index is 12.6. The Labute approximate surface area is 174 Å². The molecule has 8 heteroatoms. The quantitative estimate of drug-likeness (QED) is 0.602. The Kier molecular flexibility index (Phi) is 5.94. The molecule has 1 aliphatic carbocycles. The molecule has 0 spiro atoms. The van der Waals surface area contributed by atoms with Gasteiger partial charge in [0.1, 0.15) is 0 Å². The van der Waals surface area contributed by atoms with Gasteiger partial charge in [0.15, 0.2) is 0 Å². The summed E-state index contributed by atoms with van der Waals surface area (Å²) < 4.78 is 29.1. The number of sulfonamides is 1. The fourth-order valence-corrected chi connectivity index (χ4v) is 5.86. The second kappa shape index (κ2) is 8.61. The largest absolute Gasteiger partial charge is 0.352 e. The van der Waals surface area contributed by atoms with Gasteiger partial charge in [-0.25, -0.2) is 18.1 Å². The van der Waals surface area contributed by atoms with Gasteiger partial charge in [-0.15, -0.1) is 11.3 Å². The van der Waals surface area contributed by atoms with Gasteiger partial charge < -0.3 is 5.32 Å². The monoisotopic (exact) mass is 429 g/mol. The van der Waals surface area contributed by atoms with Crippen LogP contribution < -0.4 is 10.0 Å². The van der Waals surface area contributed by atoms with Crippen molar-refractivity contribution in [3.63, 3.8) is 0 Å². The van der Waals surface area contributed by atoms with Crippen LogP contribution in [-0.4, -0.2) is 31.9 Å². The van der Waals surface area contributed by atoms with Crippen LogP contribution in [0.25, 0.3) is 10.2 Å². The molecule has 2 N–H and O–H groups in total. The number of nitrogens with one attached hydrogen (secondary N) is 2. The van der Waals surface area contributed by atoms with Crippen LogP contribution in [0.3, 0.4) is 0 Å². The summed E-state index contributed by atoms with van der Waals surface area (Å²) in [6.07, 6.45) is 4.46. The number of fused-ring (bicyclic) bond motifs is 1. The molecule has 0 atom stereocenters. The average molecular weight is 430 g/mol. The number of benzene rings is 2. The second-order valence-corrected chi connectivity index (χ2v) is 10.0. The Balaban J connectivity index is 1.37. The first-order valence-corrected chi connectivity index (χ1v) is 12.1. The molecule has 4 rings (SSSR count). The predicted molar refractivity (Wildman–Crippen MR) is 115 cm³/mol. The minimum absolute atomic E-state index is 0.00806. The van der Waals surface area contributed by atoms with Crippen LogP contribution in [-0.2, 0) is 16.4 Å². The minimum atomic E-state index is -3.62. The zero-order chi connectivity index (χ0) is 20.3. The normalized spacial score (nSPS) is 15.0. The first-order valence-electron chi connectivity index (χ1n) is 9.76. The molecule has 1 saturated carbocycles. The van der Waals surface area contributed by atoms with Gasteiger partial charge in [0.05, 0.1) is 20.1 Å². The maximum Gasteiger partial charge on any atom is 0.251 e. The highest BCUT2D eigenvalue weighted by Crippen LogP contribution is 2.22. The smallest absolute Gasteiger partial charge is 0.251 e. The first kappa shape index (κ1) is 20.0. The Morgan fingerprint density at radius 1 is 1.10 bits per heavy atom. The Morgan fingerprint density at radius 3 is 2.69 bits per heavy atom. The van der Waals surface area contributed by atoms with Gasteiger partial charge in [0, 0.05) is 24.6 Å². The Morgan fingerprint density at radius 2 is 1.90 bits per heavy atom. The van der Waals surface area contributed by atoms with Crippen molar-refractivity contribution in [2.24, 2.45) is 0 Å². The third kappa shape index (κ3) is 4.83. The fourth-order valence-electron chi connectivity index (χ4n) is 3.55. The molecular weight excluding hydrogens is 406 g/mol. The van der Waals surface area contributed by atoms with Crippen molar-refractivity contribution in [3.8, 4) is 0 Å². The van der Waals surface area contributed by atoms with Crippen LogP contribution >= 0.6 is 11.3 Å². The van der Waals surface area contributed by atoms with E-state index < -0.39 is 10.0 Å². The van der Waals surface area contributed by atoms with E-state index in [0.717, 1.165) is 40.9 Å². The molecule has 152 valence electrons. The molecule has 3 aromatic rings. The lowest BCUT2D eigenvalue weighted by molar-refractivity contribution is 0.0954. The Hall–Kier alpha value is -2.29. The molecular formula is C21H23N3O3S2. The molecule has 1 amide bonds. The predicted octanol–water partition coefficient (Wildman–Crippen LogP) is 3.49. The lowest BCUT2D eigenvalue weighted by Gasteiger charge is -2.13. The molecule has 0 aliphatic heterocycles. The maximum atomic E-state index is 12.6. The van der Waals surface area contributed by atoms with Gasteiger partial charge in [-0.1, -0.05) is 31.0 Å². The summed E-state index contributed by atoms with van der Waals surface area (Å²) in [6.45, 7) is 0.440. The van der Waals surface area contributed by atoms with Crippen LogP contribution in [0.4, 0.5) is 0 Å². The summed E-state index contributed by atoms with van der Waals surface area (Å²) in [5, 5.41) is 3.82. The second-order valence-electron chi connectivity index (χ2n) is 7.21. The van der Waals surface area contributed by atoms with Crippen LogP contribution in [0, 0.1) is 0 Å². The first-order chi connectivity index (χ1) is 14.0. The van der Waals surface area contributed by atoms with Gasteiger partial charge >= 0.3 is 0 Å². The standard InChI is InChI=1S/C21H23N3O3S2/c25-21(22-13-12-20-23-18-10-3-4-11-19(18)28-20)15-6-5-9-17(14-15)29(26,27)24-16-7-1-2-8-16/h3-6,9-11,14,16,24H,1-2,7-8,12-13H2,(H,22,25). The molecule has 29 heavy (non-hydrogen) atoms. The van der Waals surface area contributed by atoms with E-state index in [1.165, 1.54) is 12.1 Å². The number of rotatable bonds is 7. The molecule has 6 nitrogen and oxygen atoms in total. The van der Waals surface area contributed by atoms with Gasteiger partial charge in [-0.2, -0.15) is 0 Å². The molecule has 1 fully saturated rings. The molecule has 0 unspecified atom stereocenters. The third-order valence-corrected chi connectivity index (χ3v) is 7.66. The van der Waals surface area contributed by atoms with Crippen LogP contribution in [0.2, 0.25) is 0 Å². The van der Waals surface area contributed by atoms with E-state index in [-0.39, 0.29) is 16.8 Å². The van der Waals surface area contributed by atoms with Crippen molar-refractivity contribution in [1.82, 2.24) is 15.0 Å². The summed E-state index contributed by atoms with van der Waals surface area (Å²) in [4.78, 5) is 17.2. The van der Waals surface area contributed by atoms with E-state index in [2.05, 4.69) is 15.0 Å². The van der Waals surface area contributed by atoms with Crippen LogP contribution in [0.15, 0.2) is 53.4 Å². The van der Waals surface area contributed by atoms with E-state index >= 15 is 0 Å². The van der Waals surface area contributed by atoms with Crippen molar-refractivity contribution >= 4 is 37.5 Å². The zero-order valence-corrected chi connectivity index (χ0v) is 17.6. The van der Waals surface area contributed by atoms with Crippen LogP contribution in [0.5, 0.6) is 0 Å². The lowest BCUT2D eigenvalue weighted by Crippen LogP contribution is -2.33. The fraction of sp³-hybridized carbons (Fsp3) is 0.333. The topological polar surface area (TPSA) is 88.2 Å². The van der Waals surface area contributed by atoms with Crippen molar-refractivity contribution in [3.05, 3.63) is 59.1 Å². The summed E-state index contributed by atoms with van der Waals surface area (Å²) in [5.74, 6) is -0.288. The summed E-state index contributed by atoms with van der Waals surface area (Å²) in [5.41, 5.74) is 1.30. The number of aromatic nitrogens is 1.